The number of hydrogen-bond donors (Lipinski definition) is 2. The third-order valence-corrected chi connectivity index (χ3v) is 5.47. The van der Waals surface area contributed by atoms with E-state index < -0.39 is 15.9 Å². The maximum atomic E-state index is 12.6. The lowest BCUT2D eigenvalue weighted by Crippen LogP contribution is -2.30. The molecule has 0 bridgehead atoms. The van der Waals surface area contributed by atoms with E-state index in [1.54, 1.807) is 44.3 Å². The molecule has 7 nitrogen and oxygen atoms in total. The zero-order valence-corrected chi connectivity index (χ0v) is 16.8. The van der Waals surface area contributed by atoms with Crippen molar-refractivity contribution >= 4 is 21.6 Å². The van der Waals surface area contributed by atoms with E-state index in [1.165, 1.54) is 24.3 Å². The lowest BCUT2D eigenvalue weighted by atomic mass is 10.2. The van der Waals surface area contributed by atoms with Gasteiger partial charge in [-0.15, -0.1) is 0 Å². The van der Waals surface area contributed by atoms with Gasteiger partial charge in [0.25, 0.3) is 5.91 Å². The first-order chi connectivity index (χ1) is 13.8. The Hall–Kier alpha value is -3.23. The number of nitrogens with zero attached hydrogens (tertiary/aromatic N) is 1. The number of carbonyl (C=O) groups is 1. The molecule has 0 radical (unpaired) electrons. The van der Waals surface area contributed by atoms with E-state index in [0.29, 0.717) is 17.0 Å². The van der Waals surface area contributed by atoms with Gasteiger partial charge in [0, 0.05) is 17.8 Å². The van der Waals surface area contributed by atoms with Crippen LogP contribution in [-0.4, -0.2) is 25.4 Å². The molecule has 29 heavy (non-hydrogen) atoms. The van der Waals surface area contributed by atoms with Gasteiger partial charge in [-0.25, -0.2) is 18.1 Å². The molecular formula is C21H21N3O4S. The van der Waals surface area contributed by atoms with Crippen LogP contribution in [0, 0.1) is 0 Å². The van der Waals surface area contributed by atoms with Gasteiger partial charge in [-0.3, -0.25) is 4.79 Å². The Labute approximate surface area is 169 Å². The summed E-state index contributed by atoms with van der Waals surface area (Å²) in [5.74, 6) is 0.443. The van der Waals surface area contributed by atoms with Crippen LogP contribution in [0.5, 0.6) is 11.6 Å². The molecule has 0 saturated heterocycles. The summed E-state index contributed by atoms with van der Waals surface area (Å²) < 4.78 is 32.6. The van der Waals surface area contributed by atoms with Crippen molar-refractivity contribution in [3.63, 3.8) is 0 Å². The number of carbonyl (C=O) groups excluding carboxylic acids is 1. The van der Waals surface area contributed by atoms with Crippen molar-refractivity contribution in [1.29, 1.82) is 0 Å². The molecule has 1 heterocycles. The number of sulfonamides is 1. The van der Waals surface area contributed by atoms with Gasteiger partial charge in [0.2, 0.25) is 15.9 Å². The molecule has 150 valence electrons. The lowest BCUT2D eigenvalue weighted by molar-refractivity contribution is 0.102. The Morgan fingerprint density at radius 1 is 0.966 bits per heavy atom. The number of benzene rings is 2. The molecule has 0 aliphatic rings. The predicted octanol–water partition coefficient (Wildman–Crippen LogP) is 3.81. The third kappa shape index (κ3) is 5.40. The molecule has 1 amide bonds. The van der Waals surface area contributed by atoms with Crippen LogP contribution in [0.2, 0.25) is 0 Å². The molecule has 0 atom stereocenters. The Morgan fingerprint density at radius 2 is 1.66 bits per heavy atom. The maximum Gasteiger partial charge on any atom is 0.255 e. The summed E-state index contributed by atoms with van der Waals surface area (Å²) in [5.41, 5.74) is 0.711. The van der Waals surface area contributed by atoms with Gasteiger partial charge in [0.1, 0.15) is 11.4 Å². The van der Waals surface area contributed by atoms with E-state index in [2.05, 4.69) is 15.0 Å². The van der Waals surface area contributed by atoms with Crippen LogP contribution in [0.1, 0.15) is 24.2 Å². The molecule has 3 aromatic rings. The number of aromatic nitrogens is 1. The van der Waals surface area contributed by atoms with Crippen molar-refractivity contribution < 1.29 is 17.9 Å². The number of nitrogens with one attached hydrogen (secondary N) is 2. The fourth-order valence-electron chi connectivity index (χ4n) is 2.53. The van der Waals surface area contributed by atoms with Crippen molar-refractivity contribution in [2.24, 2.45) is 0 Å². The molecule has 2 N–H and O–H groups in total. The first-order valence-electron chi connectivity index (χ1n) is 8.97. The van der Waals surface area contributed by atoms with Crippen LogP contribution in [0.15, 0.2) is 77.8 Å². The zero-order chi connectivity index (χ0) is 20.9. The molecule has 3 rings (SSSR count). The Bertz CT molecular complexity index is 1080. The molecule has 0 aliphatic heterocycles. The highest BCUT2D eigenvalue weighted by Gasteiger charge is 2.17. The van der Waals surface area contributed by atoms with Crippen molar-refractivity contribution in [1.82, 2.24) is 9.71 Å². The second kappa shape index (κ2) is 8.85. The van der Waals surface area contributed by atoms with E-state index in [0.717, 1.165) is 0 Å². The largest absolute Gasteiger partial charge is 0.437 e. The second-order valence-corrected chi connectivity index (χ2v) is 8.24. The lowest BCUT2D eigenvalue weighted by Gasteiger charge is -2.12. The highest BCUT2D eigenvalue weighted by atomic mass is 32.2. The molecule has 0 aliphatic carbocycles. The van der Waals surface area contributed by atoms with Gasteiger partial charge in [-0.1, -0.05) is 18.2 Å². The molecule has 8 heteroatoms. The average molecular weight is 411 g/mol. The Morgan fingerprint density at radius 3 is 2.31 bits per heavy atom. The van der Waals surface area contributed by atoms with Gasteiger partial charge in [0.05, 0.1) is 4.90 Å². The standard InChI is InChI=1S/C21H21N3O4S/c1-15(2)24-29(26,27)18-12-10-16(11-13-18)20(25)23-19-9-6-14-22-21(19)28-17-7-4-3-5-8-17/h3-15,24H,1-2H3,(H,23,25). The average Bonchev–Trinajstić information content (AvgIpc) is 2.69. The van der Waals surface area contributed by atoms with E-state index in [1.807, 2.05) is 18.2 Å². The van der Waals surface area contributed by atoms with Crippen LogP contribution in [0.25, 0.3) is 0 Å². The first kappa shape index (κ1) is 20.5. The van der Waals surface area contributed by atoms with Crippen LogP contribution < -0.4 is 14.8 Å². The molecule has 1 aromatic heterocycles. The maximum absolute atomic E-state index is 12.6. The molecule has 0 fully saturated rings. The number of para-hydroxylation sites is 1. The van der Waals surface area contributed by atoms with Crippen LogP contribution >= 0.6 is 0 Å². The van der Waals surface area contributed by atoms with Crippen LogP contribution in [0.4, 0.5) is 5.69 Å². The quantitative estimate of drug-likeness (QED) is 0.616. The minimum atomic E-state index is -3.61. The summed E-state index contributed by atoms with van der Waals surface area (Å²) in [7, 11) is -3.61. The van der Waals surface area contributed by atoms with Gasteiger partial charge in [-0.2, -0.15) is 0 Å². The predicted molar refractivity (Wildman–Crippen MR) is 111 cm³/mol. The molecule has 0 saturated carbocycles. The first-order valence-corrected chi connectivity index (χ1v) is 10.4. The third-order valence-electron chi connectivity index (χ3n) is 3.79. The van der Waals surface area contributed by atoms with Crippen molar-refractivity contribution in [3.8, 4) is 11.6 Å². The molecule has 0 spiro atoms. The van der Waals surface area contributed by atoms with Gasteiger partial charge in [0.15, 0.2) is 0 Å². The number of anilines is 1. The fourth-order valence-corrected chi connectivity index (χ4v) is 3.78. The molecular weight excluding hydrogens is 390 g/mol. The SMILES string of the molecule is CC(C)NS(=O)(=O)c1ccc(C(=O)Nc2cccnc2Oc2ccccc2)cc1. The summed E-state index contributed by atoms with van der Waals surface area (Å²) >= 11 is 0. The van der Waals surface area contributed by atoms with E-state index in [-0.39, 0.29) is 16.8 Å². The Balaban J connectivity index is 1.76. The summed E-state index contributed by atoms with van der Waals surface area (Å²) in [6.45, 7) is 3.48. The van der Waals surface area contributed by atoms with Crippen molar-refractivity contribution in [3.05, 3.63) is 78.5 Å². The van der Waals surface area contributed by atoms with Gasteiger partial charge >= 0.3 is 0 Å². The summed E-state index contributed by atoms with van der Waals surface area (Å²) in [6.07, 6.45) is 1.56. The van der Waals surface area contributed by atoms with Crippen LogP contribution in [0.3, 0.4) is 0 Å². The highest BCUT2D eigenvalue weighted by Crippen LogP contribution is 2.27. The van der Waals surface area contributed by atoms with Gasteiger partial charge < -0.3 is 10.1 Å². The van der Waals surface area contributed by atoms with Crippen molar-refractivity contribution in [2.45, 2.75) is 24.8 Å². The fraction of sp³-hybridized carbons (Fsp3) is 0.143. The molecule has 2 aromatic carbocycles. The minimum Gasteiger partial charge on any atom is -0.437 e. The minimum absolute atomic E-state index is 0.0947. The summed E-state index contributed by atoms with van der Waals surface area (Å²) in [4.78, 5) is 16.9. The number of hydrogen-bond acceptors (Lipinski definition) is 5. The Kier molecular flexibility index (Phi) is 6.26. The summed E-state index contributed by atoms with van der Waals surface area (Å²) in [6, 6.07) is 17.9. The van der Waals surface area contributed by atoms with E-state index >= 15 is 0 Å². The zero-order valence-electron chi connectivity index (χ0n) is 16.0. The number of amides is 1. The van der Waals surface area contributed by atoms with Crippen LogP contribution in [-0.2, 0) is 10.0 Å². The van der Waals surface area contributed by atoms with Gasteiger partial charge in [-0.05, 0) is 62.4 Å². The summed E-state index contributed by atoms with van der Waals surface area (Å²) in [5, 5.41) is 2.75. The van der Waals surface area contributed by atoms with Crippen molar-refractivity contribution in [2.75, 3.05) is 5.32 Å². The highest BCUT2D eigenvalue weighted by molar-refractivity contribution is 7.89. The monoisotopic (exact) mass is 411 g/mol. The normalized spacial score (nSPS) is 11.3. The number of rotatable bonds is 7. The topological polar surface area (TPSA) is 97.4 Å². The second-order valence-electron chi connectivity index (χ2n) is 6.53. The number of ether oxygens (including phenoxy) is 1. The smallest absolute Gasteiger partial charge is 0.255 e. The number of pyridine rings is 1. The van der Waals surface area contributed by atoms with E-state index in [4.69, 9.17) is 4.74 Å². The molecule has 0 unspecified atom stereocenters. The van der Waals surface area contributed by atoms with E-state index in [9.17, 15) is 13.2 Å².